The zero-order valence-electron chi connectivity index (χ0n) is 8.70. The van der Waals surface area contributed by atoms with Gasteiger partial charge in [0.1, 0.15) is 0 Å². The Morgan fingerprint density at radius 3 is 2.38 bits per heavy atom. The Hall–Kier alpha value is -1.31. The van der Waals surface area contributed by atoms with Crippen molar-refractivity contribution >= 4 is 5.71 Å². The number of benzene rings is 1. The number of hydrazone groups is 1. The van der Waals surface area contributed by atoms with Gasteiger partial charge in [-0.2, -0.15) is 5.10 Å². The minimum absolute atomic E-state index is 1.06. The molecule has 0 heterocycles. The Labute approximate surface area is 79.9 Å². The van der Waals surface area contributed by atoms with Gasteiger partial charge in [-0.05, 0) is 19.4 Å². The Morgan fingerprint density at radius 2 is 1.85 bits per heavy atom. The first-order chi connectivity index (χ1) is 6.11. The fourth-order valence-electron chi connectivity index (χ4n) is 1.33. The molecule has 2 heteroatoms. The highest BCUT2D eigenvalue weighted by Crippen LogP contribution is 2.08. The minimum atomic E-state index is 1.06. The van der Waals surface area contributed by atoms with Crippen LogP contribution in [0.25, 0.3) is 0 Å². The van der Waals surface area contributed by atoms with E-state index in [0.717, 1.165) is 5.71 Å². The number of nitrogens with zero attached hydrogens (tertiary/aromatic N) is 2. The first-order valence-electron chi connectivity index (χ1n) is 4.40. The molecule has 0 saturated heterocycles. The first-order valence-corrected chi connectivity index (χ1v) is 4.40. The van der Waals surface area contributed by atoms with Crippen molar-refractivity contribution in [2.45, 2.75) is 13.8 Å². The molecule has 13 heavy (non-hydrogen) atoms. The molecule has 0 amide bonds. The van der Waals surface area contributed by atoms with Gasteiger partial charge in [0.15, 0.2) is 0 Å². The summed E-state index contributed by atoms with van der Waals surface area (Å²) in [6, 6.07) is 8.28. The van der Waals surface area contributed by atoms with E-state index in [-0.39, 0.29) is 0 Å². The lowest BCUT2D eigenvalue weighted by molar-refractivity contribution is 0.438. The molecule has 0 aromatic heterocycles. The van der Waals surface area contributed by atoms with Gasteiger partial charge < -0.3 is 5.01 Å². The zero-order valence-corrected chi connectivity index (χ0v) is 8.70. The number of hydrogen-bond acceptors (Lipinski definition) is 2. The van der Waals surface area contributed by atoms with E-state index in [4.69, 9.17) is 0 Å². The molecule has 0 aliphatic heterocycles. The third kappa shape index (κ3) is 2.58. The van der Waals surface area contributed by atoms with Crippen LogP contribution in [0.5, 0.6) is 0 Å². The van der Waals surface area contributed by atoms with Gasteiger partial charge in [0.25, 0.3) is 0 Å². The highest BCUT2D eigenvalue weighted by molar-refractivity contribution is 5.99. The summed E-state index contributed by atoms with van der Waals surface area (Å²) in [7, 11) is 3.86. The van der Waals surface area contributed by atoms with Crippen molar-refractivity contribution in [2.75, 3.05) is 14.1 Å². The van der Waals surface area contributed by atoms with Gasteiger partial charge in [-0.25, -0.2) is 0 Å². The monoisotopic (exact) mass is 176 g/mol. The van der Waals surface area contributed by atoms with E-state index < -0.39 is 0 Å². The SMILES string of the molecule is CC(=NN(C)C)c1ccccc1C. The van der Waals surface area contributed by atoms with Crippen molar-refractivity contribution in [3.8, 4) is 0 Å². The maximum atomic E-state index is 4.36. The highest BCUT2D eigenvalue weighted by atomic mass is 15.4. The van der Waals surface area contributed by atoms with E-state index in [2.05, 4.69) is 24.2 Å². The predicted molar refractivity (Wildman–Crippen MR) is 57.1 cm³/mol. The van der Waals surface area contributed by atoms with Gasteiger partial charge in [0.05, 0.1) is 5.71 Å². The largest absolute Gasteiger partial charge is 0.303 e. The number of rotatable bonds is 2. The van der Waals surface area contributed by atoms with Crippen LogP contribution in [0.2, 0.25) is 0 Å². The molecule has 0 atom stereocenters. The van der Waals surface area contributed by atoms with E-state index in [1.807, 2.05) is 38.2 Å². The van der Waals surface area contributed by atoms with Crippen molar-refractivity contribution in [1.82, 2.24) is 5.01 Å². The topological polar surface area (TPSA) is 15.6 Å². The zero-order chi connectivity index (χ0) is 9.84. The summed E-state index contributed by atoms with van der Waals surface area (Å²) in [5.41, 5.74) is 3.55. The maximum absolute atomic E-state index is 4.36. The van der Waals surface area contributed by atoms with E-state index in [1.54, 1.807) is 0 Å². The van der Waals surface area contributed by atoms with Crippen molar-refractivity contribution in [3.63, 3.8) is 0 Å². The van der Waals surface area contributed by atoms with Gasteiger partial charge in [-0.1, -0.05) is 24.3 Å². The summed E-state index contributed by atoms with van der Waals surface area (Å²) in [6.07, 6.45) is 0. The average molecular weight is 176 g/mol. The second-order valence-corrected chi connectivity index (χ2v) is 3.35. The molecule has 0 fully saturated rings. The molecule has 0 aliphatic carbocycles. The van der Waals surface area contributed by atoms with E-state index in [0.29, 0.717) is 0 Å². The molecular formula is C11H16N2. The lowest BCUT2D eigenvalue weighted by atomic mass is 10.1. The lowest BCUT2D eigenvalue weighted by Crippen LogP contribution is -2.08. The molecule has 0 aliphatic rings. The van der Waals surface area contributed by atoms with Crippen LogP contribution in [-0.4, -0.2) is 24.8 Å². The minimum Gasteiger partial charge on any atom is -0.303 e. The summed E-state index contributed by atoms with van der Waals surface area (Å²) in [4.78, 5) is 0. The van der Waals surface area contributed by atoms with Gasteiger partial charge in [-0.15, -0.1) is 0 Å². The van der Waals surface area contributed by atoms with Crippen LogP contribution in [-0.2, 0) is 0 Å². The highest BCUT2D eigenvalue weighted by Gasteiger charge is 2.00. The van der Waals surface area contributed by atoms with E-state index in [9.17, 15) is 0 Å². The first kappa shape index (κ1) is 9.78. The summed E-state index contributed by atoms with van der Waals surface area (Å²) in [5, 5.41) is 6.18. The molecule has 70 valence electrons. The molecule has 1 rings (SSSR count). The Morgan fingerprint density at radius 1 is 1.23 bits per heavy atom. The van der Waals surface area contributed by atoms with Crippen LogP contribution >= 0.6 is 0 Å². The number of hydrogen-bond donors (Lipinski definition) is 0. The van der Waals surface area contributed by atoms with Gasteiger partial charge in [-0.3, -0.25) is 0 Å². The molecule has 0 bridgehead atoms. The Balaban J connectivity index is 3.02. The van der Waals surface area contributed by atoms with Crippen molar-refractivity contribution in [1.29, 1.82) is 0 Å². The molecule has 0 unspecified atom stereocenters. The third-order valence-electron chi connectivity index (χ3n) is 1.88. The van der Waals surface area contributed by atoms with Crippen LogP contribution in [0, 0.1) is 6.92 Å². The van der Waals surface area contributed by atoms with Crippen molar-refractivity contribution < 1.29 is 0 Å². The standard InChI is InChI=1S/C11H16N2/c1-9-7-5-6-8-11(9)10(2)12-13(3)4/h5-8H,1-4H3. The summed E-state index contributed by atoms with van der Waals surface area (Å²) in [5.74, 6) is 0. The molecule has 0 radical (unpaired) electrons. The molecule has 0 spiro atoms. The average Bonchev–Trinajstić information content (AvgIpc) is 2.03. The normalized spacial score (nSPS) is 11.5. The fourth-order valence-corrected chi connectivity index (χ4v) is 1.33. The van der Waals surface area contributed by atoms with Crippen LogP contribution in [0.4, 0.5) is 0 Å². The quantitative estimate of drug-likeness (QED) is 0.498. The van der Waals surface area contributed by atoms with Crippen LogP contribution in [0.3, 0.4) is 0 Å². The Bertz CT molecular complexity index is 314. The summed E-state index contributed by atoms with van der Waals surface area (Å²) < 4.78 is 0. The van der Waals surface area contributed by atoms with Gasteiger partial charge >= 0.3 is 0 Å². The van der Waals surface area contributed by atoms with Crippen molar-refractivity contribution in [2.24, 2.45) is 5.10 Å². The maximum Gasteiger partial charge on any atom is 0.0649 e. The molecule has 2 nitrogen and oxygen atoms in total. The predicted octanol–water partition coefficient (Wildman–Crippen LogP) is 2.28. The molecule has 0 saturated carbocycles. The van der Waals surface area contributed by atoms with Gasteiger partial charge in [0.2, 0.25) is 0 Å². The van der Waals surface area contributed by atoms with Crippen LogP contribution < -0.4 is 0 Å². The fraction of sp³-hybridized carbons (Fsp3) is 0.364. The molecule has 0 N–H and O–H groups in total. The third-order valence-corrected chi connectivity index (χ3v) is 1.88. The van der Waals surface area contributed by atoms with E-state index >= 15 is 0 Å². The summed E-state index contributed by atoms with van der Waals surface area (Å²) >= 11 is 0. The van der Waals surface area contributed by atoms with E-state index in [1.165, 1.54) is 11.1 Å². The lowest BCUT2D eigenvalue weighted by Gasteiger charge is -2.09. The van der Waals surface area contributed by atoms with Crippen LogP contribution in [0.15, 0.2) is 29.4 Å². The van der Waals surface area contributed by atoms with Crippen LogP contribution in [0.1, 0.15) is 18.1 Å². The summed E-state index contributed by atoms with van der Waals surface area (Å²) in [6.45, 7) is 4.13. The smallest absolute Gasteiger partial charge is 0.0649 e. The molecule has 1 aromatic carbocycles. The molecular weight excluding hydrogens is 160 g/mol. The molecule has 1 aromatic rings. The second-order valence-electron chi connectivity index (χ2n) is 3.35. The van der Waals surface area contributed by atoms with Crippen molar-refractivity contribution in [3.05, 3.63) is 35.4 Å². The second kappa shape index (κ2) is 4.08. The van der Waals surface area contributed by atoms with Gasteiger partial charge in [0, 0.05) is 19.7 Å². The Kier molecular flexibility index (Phi) is 3.07. The number of aryl methyl sites for hydroxylation is 1.